The number of aryl methyl sites for hydroxylation is 1. The zero-order valence-electron chi connectivity index (χ0n) is 25.7. The number of fused-ring (bicyclic) bond motifs is 1. The summed E-state index contributed by atoms with van der Waals surface area (Å²) in [6.45, 7) is 5.97. The summed E-state index contributed by atoms with van der Waals surface area (Å²) in [5.74, 6) is -1.73. The highest BCUT2D eigenvalue weighted by Gasteiger charge is 2.33. The highest BCUT2D eigenvalue weighted by Crippen LogP contribution is 2.25. The zero-order chi connectivity index (χ0) is 31.9. The fourth-order valence-corrected chi connectivity index (χ4v) is 5.80. The van der Waals surface area contributed by atoms with Crippen molar-refractivity contribution >= 4 is 46.0 Å². The van der Waals surface area contributed by atoms with Gasteiger partial charge in [-0.15, -0.1) is 0 Å². The topological polar surface area (TPSA) is 148 Å². The Balaban J connectivity index is 1.46. The molecule has 1 aromatic heterocycles. The number of carbonyl (C=O) groups is 4. The highest BCUT2D eigenvalue weighted by atomic mass is 16.3. The molecule has 2 atom stereocenters. The first-order valence-electron chi connectivity index (χ1n) is 15.5. The molecule has 0 saturated carbocycles. The van der Waals surface area contributed by atoms with Gasteiger partial charge in [-0.1, -0.05) is 12.1 Å². The largest absolute Gasteiger partial charge is 0.461 e. The second-order valence-electron chi connectivity index (χ2n) is 11.5. The maximum atomic E-state index is 13.8. The standard InChI is InChI=1S/C34H38N6O5/c1-3-36-33(43)24-11-9-23(10-12-24)31(42)27(20-35)32(37-26-13-14-29-25(19-26)18-22(2)45-29)38-28-8-4-5-17-40(34(28)44)21-30(41)39-15-6-7-16-39/h9-14,18-19,27-28H,3-8,15-17,21H2,1-2H3,(H,36,43)(H,37,38)/t27?,28-/m0/s1. The van der Waals surface area contributed by atoms with E-state index in [4.69, 9.17) is 9.41 Å². The molecule has 2 N–H and O–H groups in total. The number of Topliss-reactive ketones (excluding diaryl/α,β-unsaturated/α-hetero) is 1. The van der Waals surface area contributed by atoms with Crippen LogP contribution in [-0.2, 0) is 9.59 Å². The number of ketones is 1. The van der Waals surface area contributed by atoms with Gasteiger partial charge in [-0.3, -0.25) is 24.2 Å². The van der Waals surface area contributed by atoms with Crippen molar-refractivity contribution in [1.82, 2.24) is 15.1 Å². The van der Waals surface area contributed by atoms with Gasteiger partial charge in [-0.25, -0.2) is 0 Å². The quantitative estimate of drug-likeness (QED) is 0.208. The van der Waals surface area contributed by atoms with E-state index in [1.54, 1.807) is 21.9 Å². The zero-order valence-corrected chi connectivity index (χ0v) is 25.7. The Morgan fingerprint density at radius 1 is 1.02 bits per heavy atom. The highest BCUT2D eigenvalue weighted by molar-refractivity contribution is 6.18. The van der Waals surface area contributed by atoms with Gasteiger partial charge in [0.25, 0.3) is 5.91 Å². The molecule has 3 heterocycles. The Morgan fingerprint density at radius 2 is 1.73 bits per heavy atom. The molecule has 0 radical (unpaired) electrons. The molecule has 5 rings (SSSR count). The van der Waals surface area contributed by atoms with Gasteiger partial charge in [0.15, 0.2) is 11.7 Å². The smallest absolute Gasteiger partial charge is 0.251 e. The van der Waals surface area contributed by atoms with E-state index < -0.39 is 17.7 Å². The molecule has 2 aromatic carbocycles. The summed E-state index contributed by atoms with van der Waals surface area (Å²) in [5.41, 5.74) is 1.89. The average molecular weight is 611 g/mol. The molecule has 11 heteroatoms. The number of aliphatic imine (C=N–C) groups is 1. The van der Waals surface area contributed by atoms with E-state index >= 15 is 0 Å². The van der Waals surface area contributed by atoms with Crippen molar-refractivity contribution in [2.45, 2.75) is 52.0 Å². The second-order valence-corrected chi connectivity index (χ2v) is 11.5. The number of benzene rings is 2. The van der Waals surface area contributed by atoms with E-state index in [0.717, 1.165) is 30.4 Å². The van der Waals surface area contributed by atoms with Crippen LogP contribution in [0, 0.1) is 24.2 Å². The minimum absolute atomic E-state index is 0.0112. The minimum Gasteiger partial charge on any atom is -0.461 e. The molecule has 3 aromatic rings. The van der Waals surface area contributed by atoms with Crippen molar-refractivity contribution < 1.29 is 23.6 Å². The number of amidine groups is 1. The molecule has 3 amide bonds. The molecule has 0 bridgehead atoms. The predicted molar refractivity (Wildman–Crippen MR) is 170 cm³/mol. The molecule has 45 heavy (non-hydrogen) atoms. The Labute approximate surface area is 262 Å². The number of nitrogens with one attached hydrogen (secondary N) is 2. The van der Waals surface area contributed by atoms with Crippen LogP contribution in [0.2, 0.25) is 0 Å². The Kier molecular flexibility index (Phi) is 9.92. The lowest BCUT2D eigenvalue weighted by molar-refractivity contribution is -0.140. The van der Waals surface area contributed by atoms with Crippen LogP contribution in [0.1, 0.15) is 65.5 Å². The maximum absolute atomic E-state index is 13.8. The summed E-state index contributed by atoms with van der Waals surface area (Å²) in [5, 5.41) is 17.0. The second kappa shape index (κ2) is 14.2. The number of hydrogen-bond donors (Lipinski definition) is 2. The van der Waals surface area contributed by atoms with Crippen molar-refractivity contribution in [1.29, 1.82) is 5.26 Å². The summed E-state index contributed by atoms with van der Waals surface area (Å²) < 4.78 is 5.69. The number of nitrogens with zero attached hydrogens (tertiary/aromatic N) is 4. The minimum atomic E-state index is -1.36. The van der Waals surface area contributed by atoms with Crippen molar-refractivity contribution in [3.8, 4) is 6.07 Å². The number of rotatable bonds is 9. The van der Waals surface area contributed by atoms with E-state index in [-0.39, 0.29) is 35.7 Å². The van der Waals surface area contributed by atoms with E-state index in [1.807, 2.05) is 26.0 Å². The van der Waals surface area contributed by atoms with Crippen LogP contribution >= 0.6 is 0 Å². The Bertz CT molecular complexity index is 1650. The van der Waals surface area contributed by atoms with E-state index in [1.165, 1.54) is 24.3 Å². The van der Waals surface area contributed by atoms with Crippen LogP contribution in [0.25, 0.3) is 11.0 Å². The van der Waals surface area contributed by atoms with Gasteiger partial charge in [0.05, 0.1) is 12.6 Å². The lowest BCUT2D eigenvalue weighted by Gasteiger charge is -2.25. The third-order valence-corrected chi connectivity index (χ3v) is 8.18. The summed E-state index contributed by atoms with van der Waals surface area (Å²) in [7, 11) is 0. The number of furan rings is 1. The third-order valence-electron chi connectivity index (χ3n) is 8.18. The number of nitriles is 1. The van der Waals surface area contributed by atoms with Gasteiger partial charge in [0.2, 0.25) is 11.8 Å². The van der Waals surface area contributed by atoms with E-state index in [0.29, 0.717) is 55.9 Å². The fraction of sp³-hybridized carbons (Fsp3) is 0.412. The molecule has 0 aliphatic carbocycles. The van der Waals surface area contributed by atoms with E-state index in [9.17, 15) is 24.4 Å². The molecule has 0 spiro atoms. The summed E-state index contributed by atoms with van der Waals surface area (Å²) in [4.78, 5) is 60.8. The molecular formula is C34H38N6O5. The van der Waals surface area contributed by atoms with Crippen LogP contribution in [0.15, 0.2) is 57.9 Å². The molecule has 2 fully saturated rings. The van der Waals surface area contributed by atoms with Crippen LogP contribution < -0.4 is 10.6 Å². The predicted octanol–water partition coefficient (Wildman–Crippen LogP) is 4.33. The monoisotopic (exact) mass is 610 g/mol. The van der Waals surface area contributed by atoms with Crippen molar-refractivity contribution in [3.63, 3.8) is 0 Å². The maximum Gasteiger partial charge on any atom is 0.251 e. The summed E-state index contributed by atoms with van der Waals surface area (Å²) >= 11 is 0. The first-order chi connectivity index (χ1) is 21.8. The Morgan fingerprint density at radius 3 is 2.44 bits per heavy atom. The van der Waals surface area contributed by atoms with Gasteiger partial charge >= 0.3 is 0 Å². The average Bonchev–Trinajstić information content (AvgIpc) is 3.67. The number of anilines is 1. The first kappa shape index (κ1) is 31.4. The van der Waals surface area contributed by atoms with Gasteiger partial charge in [-0.2, -0.15) is 5.26 Å². The van der Waals surface area contributed by atoms with Gasteiger partial charge in [0.1, 0.15) is 23.2 Å². The lowest BCUT2D eigenvalue weighted by atomic mass is 9.96. The number of likely N-dealkylation sites (tertiary alicyclic amines) is 2. The van der Waals surface area contributed by atoms with Crippen LogP contribution in [0.4, 0.5) is 5.69 Å². The normalized spacial score (nSPS) is 17.9. The number of hydrogen-bond acceptors (Lipinski definition) is 7. The number of amides is 3. The van der Waals surface area contributed by atoms with Crippen molar-refractivity contribution in [3.05, 3.63) is 65.4 Å². The van der Waals surface area contributed by atoms with E-state index in [2.05, 4.69) is 16.7 Å². The molecule has 234 valence electrons. The lowest BCUT2D eigenvalue weighted by Crippen LogP contribution is -2.45. The first-order valence-corrected chi connectivity index (χ1v) is 15.5. The SMILES string of the molecule is CCNC(=O)c1ccc(C(=O)C(C#N)C(=N[C@H]2CCCCN(CC(=O)N3CCCC3)C2=O)Nc2ccc3oc(C)cc3c2)cc1. The van der Waals surface area contributed by atoms with Crippen LogP contribution in [-0.4, -0.2) is 77.9 Å². The van der Waals surface area contributed by atoms with Crippen LogP contribution in [0.5, 0.6) is 0 Å². The molecule has 2 aliphatic rings. The molecule has 11 nitrogen and oxygen atoms in total. The molecule has 1 unspecified atom stereocenters. The van der Waals surface area contributed by atoms with Gasteiger partial charge in [0, 0.05) is 48.4 Å². The van der Waals surface area contributed by atoms with Gasteiger partial charge < -0.3 is 24.9 Å². The third kappa shape index (κ3) is 7.40. The Hall–Kier alpha value is -4.98. The molecular weight excluding hydrogens is 572 g/mol. The van der Waals surface area contributed by atoms with Crippen LogP contribution in [0.3, 0.4) is 0 Å². The fourth-order valence-electron chi connectivity index (χ4n) is 5.80. The molecule has 2 saturated heterocycles. The molecule has 2 aliphatic heterocycles. The van der Waals surface area contributed by atoms with Crippen molar-refractivity contribution in [2.24, 2.45) is 10.9 Å². The van der Waals surface area contributed by atoms with Gasteiger partial charge in [-0.05, 0) is 82.3 Å². The number of carbonyl (C=O) groups excluding carboxylic acids is 4. The van der Waals surface area contributed by atoms with Crippen molar-refractivity contribution in [2.75, 3.05) is 38.0 Å². The summed E-state index contributed by atoms with van der Waals surface area (Å²) in [6, 6.07) is 14.6. The summed E-state index contributed by atoms with van der Waals surface area (Å²) in [6.07, 6.45) is 3.78.